The van der Waals surface area contributed by atoms with Crippen LogP contribution in [0, 0.1) is 20.8 Å². The van der Waals surface area contributed by atoms with Gasteiger partial charge in [-0.1, -0.05) is 29.8 Å². The summed E-state index contributed by atoms with van der Waals surface area (Å²) in [4.78, 5) is 28.3. The highest BCUT2D eigenvalue weighted by atomic mass is 35.5. The number of carbonyl (C=O) groups is 1. The van der Waals surface area contributed by atoms with Gasteiger partial charge in [0.15, 0.2) is 5.65 Å². The topological polar surface area (TPSA) is 105 Å². The molecule has 0 aliphatic rings. The monoisotopic (exact) mass is 411 g/mol. The first kappa shape index (κ1) is 22.7. The Morgan fingerprint density at radius 1 is 1.22 bits per heavy atom. The minimum absolute atomic E-state index is 0. The first-order chi connectivity index (χ1) is 11.9. The smallest absolute Gasteiger partial charge is 0.266 e. The largest absolute Gasteiger partial charge is 0.350 e. The average Bonchev–Trinajstić information content (AvgIpc) is 2.95. The van der Waals surface area contributed by atoms with Crippen LogP contribution in [0.15, 0.2) is 35.1 Å². The summed E-state index contributed by atoms with van der Waals surface area (Å²) in [5.41, 5.74) is 10.7. The molecule has 3 rings (SSSR count). The van der Waals surface area contributed by atoms with Crippen LogP contribution in [-0.4, -0.2) is 20.5 Å². The third-order valence-electron chi connectivity index (χ3n) is 4.36. The molecule has 9 heteroatoms. The fraction of sp³-hybridized carbons (Fsp3) is 0.278. The van der Waals surface area contributed by atoms with Crippen molar-refractivity contribution < 1.29 is 4.79 Å². The molecule has 3 aromatic rings. The van der Waals surface area contributed by atoms with Crippen LogP contribution in [0.4, 0.5) is 0 Å². The Morgan fingerprint density at radius 2 is 1.85 bits per heavy atom. The Balaban J connectivity index is 0.00000182. The van der Waals surface area contributed by atoms with Gasteiger partial charge in [-0.05, 0) is 26.3 Å². The molecule has 0 saturated heterocycles. The number of hydrogen-bond donors (Lipinski definition) is 3. The summed E-state index contributed by atoms with van der Waals surface area (Å²) < 4.78 is 1.62. The van der Waals surface area contributed by atoms with Crippen molar-refractivity contribution in [1.82, 2.24) is 19.9 Å². The van der Waals surface area contributed by atoms with Crippen molar-refractivity contribution in [2.24, 2.45) is 5.73 Å². The first-order valence-corrected chi connectivity index (χ1v) is 8.04. The predicted octanol–water partition coefficient (Wildman–Crippen LogP) is 2.11. The van der Waals surface area contributed by atoms with Crippen molar-refractivity contribution in [3.63, 3.8) is 0 Å². The molecule has 0 fully saturated rings. The van der Waals surface area contributed by atoms with Crippen LogP contribution in [0.25, 0.3) is 5.65 Å². The molecular weight excluding hydrogens is 389 g/mol. The molecule has 1 unspecified atom stereocenters. The third-order valence-corrected chi connectivity index (χ3v) is 4.36. The van der Waals surface area contributed by atoms with Crippen LogP contribution in [0.2, 0.25) is 0 Å². The number of amides is 1. The molecule has 0 radical (unpaired) electrons. The summed E-state index contributed by atoms with van der Waals surface area (Å²) in [5, 5.41) is 5.55. The minimum Gasteiger partial charge on any atom is -0.350 e. The van der Waals surface area contributed by atoms with E-state index in [0.29, 0.717) is 12.2 Å². The Bertz CT molecular complexity index is 995. The van der Waals surface area contributed by atoms with E-state index < -0.39 is 6.04 Å². The van der Waals surface area contributed by atoms with Gasteiger partial charge in [0.05, 0.1) is 0 Å². The maximum absolute atomic E-state index is 12.4. The molecule has 0 spiro atoms. The summed E-state index contributed by atoms with van der Waals surface area (Å²) in [6, 6.07) is 8.27. The second-order valence-electron chi connectivity index (χ2n) is 6.18. The predicted molar refractivity (Wildman–Crippen MR) is 110 cm³/mol. The van der Waals surface area contributed by atoms with Gasteiger partial charge in [-0.15, -0.1) is 24.8 Å². The normalized spacial score (nSPS) is 11.4. The van der Waals surface area contributed by atoms with Crippen LogP contribution < -0.4 is 16.6 Å². The molecule has 1 amide bonds. The van der Waals surface area contributed by atoms with Crippen molar-refractivity contribution in [2.45, 2.75) is 33.4 Å². The zero-order chi connectivity index (χ0) is 18.1. The molecule has 0 aliphatic carbocycles. The van der Waals surface area contributed by atoms with E-state index in [0.717, 1.165) is 28.1 Å². The molecule has 0 saturated carbocycles. The van der Waals surface area contributed by atoms with Crippen LogP contribution in [0.1, 0.15) is 34.1 Å². The second-order valence-corrected chi connectivity index (χ2v) is 6.18. The summed E-state index contributed by atoms with van der Waals surface area (Å²) >= 11 is 0. The number of nitrogens with zero attached hydrogens (tertiary/aromatic N) is 2. The maximum atomic E-state index is 12.4. The number of nitrogens with one attached hydrogen (secondary N) is 2. The van der Waals surface area contributed by atoms with Gasteiger partial charge in [-0.3, -0.25) is 14.7 Å². The maximum Gasteiger partial charge on any atom is 0.266 e. The number of halogens is 2. The Hall–Kier alpha value is -2.35. The van der Waals surface area contributed by atoms with Crippen molar-refractivity contribution in [3.05, 3.63) is 68.8 Å². The summed E-state index contributed by atoms with van der Waals surface area (Å²) in [6.45, 7) is 6.00. The van der Waals surface area contributed by atoms with Gasteiger partial charge in [0, 0.05) is 29.6 Å². The van der Waals surface area contributed by atoms with Gasteiger partial charge >= 0.3 is 0 Å². The Morgan fingerprint density at radius 3 is 2.48 bits per heavy atom. The molecule has 0 aliphatic heterocycles. The number of fused-ring (bicyclic) bond motifs is 1. The van der Waals surface area contributed by atoms with E-state index >= 15 is 0 Å². The van der Waals surface area contributed by atoms with Gasteiger partial charge in [0.1, 0.15) is 6.04 Å². The van der Waals surface area contributed by atoms with E-state index in [2.05, 4.69) is 15.4 Å². The molecule has 0 bridgehead atoms. The summed E-state index contributed by atoms with van der Waals surface area (Å²) in [5.74, 6) is -0.260. The molecule has 7 nitrogen and oxygen atoms in total. The molecule has 1 aromatic carbocycles. The first-order valence-electron chi connectivity index (χ1n) is 8.04. The lowest BCUT2D eigenvalue weighted by atomic mass is 10.1. The summed E-state index contributed by atoms with van der Waals surface area (Å²) in [6.07, 6.45) is 0. The van der Waals surface area contributed by atoms with E-state index in [9.17, 15) is 9.59 Å². The molecular formula is C18H23Cl2N5O2. The van der Waals surface area contributed by atoms with Crippen LogP contribution in [0.3, 0.4) is 0 Å². The van der Waals surface area contributed by atoms with Crippen molar-refractivity contribution in [1.29, 1.82) is 0 Å². The quantitative estimate of drug-likeness (QED) is 0.610. The molecule has 4 N–H and O–H groups in total. The molecule has 146 valence electrons. The van der Waals surface area contributed by atoms with E-state index in [-0.39, 0.29) is 36.3 Å². The highest BCUT2D eigenvalue weighted by Crippen LogP contribution is 2.15. The van der Waals surface area contributed by atoms with Crippen molar-refractivity contribution in [2.75, 3.05) is 0 Å². The van der Waals surface area contributed by atoms with Gasteiger partial charge in [0.25, 0.3) is 5.56 Å². The number of carbonyl (C=O) groups excluding carboxylic acids is 1. The highest BCUT2D eigenvalue weighted by Gasteiger charge is 2.17. The lowest BCUT2D eigenvalue weighted by Gasteiger charge is -2.15. The van der Waals surface area contributed by atoms with Crippen molar-refractivity contribution >= 4 is 36.4 Å². The highest BCUT2D eigenvalue weighted by molar-refractivity contribution is 5.85. The third kappa shape index (κ3) is 4.68. The molecule has 1 atom stereocenters. The van der Waals surface area contributed by atoms with Crippen LogP contribution in [-0.2, 0) is 11.3 Å². The number of hydrogen-bond acceptors (Lipinski definition) is 4. The molecule has 2 heterocycles. The van der Waals surface area contributed by atoms with Crippen LogP contribution in [0.5, 0.6) is 0 Å². The Labute approximate surface area is 169 Å². The number of rotatable bonds is 4. The molecule has 2 aromatic heterocycles. The minimum atomic E-state index is -0.732. The van der Waals surface area contributed by atoms with E-state index in [1.807, 2.05) is 45.0 Å². The molecule has 27 heavy (non-hydrogen) atoms. The SMILES string of the molecule is Cc1ccc(C(N)C(=O)NCc2c(C)nc3cc(=O)[nH]n3c2C)cc1.Cl.Cl. The van der Waals surface area contributed by atoms with Gasteiger partial charge < -0.3 is 11.1 Å². The number of H-pyrrole nitrogens is 1. The number of benzene rings is 1. The number of aromatic amines is 1. The van der Waals surface area contributed by atoms with Gasteiger partial charge in [-0.2, -0.15) is 0 Å². The van der Waals surface area contributed by atoms with Gasteiger partial charge in [0.2, 0.25) is 5.91 Å². The fourth-order valence-corrected chi connectivity index (χ4v) is 2.82. The van der Waals surface area contributed by atoms with Crippen molar-refractivity contribution in [3.8, 4) is 0 Å². The van der Waals surface area contributed by atoms with Crippen LogP contribution >= 0.6 is 24.8 Å². The number of aromatic nitrogens is 3. The van der Waals surface area contributed by atoms with E-state index in [1.165, 1.54) is 6.07 Å². The lowest BCUT2D eigenvalue weighted by molar-refractivity contribution is -0.122. The fourth-order valence-electron chi connectivity index (χ4n) is 2.82. The van der Waals surface area contributed by atoms with Gasteiger partial charge in [-0.25, -0.2) is 9.50 Å². The average molecular weight is 412 g/mol. The van der Waals surface area contributed by atoms with E-state index in [1.54, 1.807) is 4.52 Å². The summed E-state index contributed by atoms with van der Waals surface area (Å²) in [7, 11) is 0. The number of nitrogens with two attached hydrogens (primary N) is 1. The zero-order valence-electron chi connectivity index (χ0n) is 15.3. The zero-order valence-corrected chi connectivity index (χ0v) is 16.9. The lowest BCUT2D eigenvalue weighted by Crippen LogP contribution is -2.34. The van der Waals surface area contributed by atoms with E-state index in [4.69, 9.17) is 5.73 Å². The Kier molecular flexibility index (Phi) is 7.59. The second kappa shape index (κ2) is 9.03. The number of aryl methyl sites for hydroxylation is 3. The standard InChI is InChI=1S/C18H21N5O2.2ClH/c1-10-4-6-13(7-5-10)17(19)18(25)20-9-14-11(2)21-15-8-16(24)22-23(15)12(14)3;;/h4-8,17H,9,19H2,1-3H3,(H,20,25)(H,22,24);2*1H.